The van der Waals surface area contributed by atoms with Crippen molar-refractivity contribution in [2.75, 3.05) is 51.2 Å². The van der Waals surface area contributed by atoms with Crippen LogP contribution in [0.25, 0.3) is 0 Å². The third-order valence-electron chi connectivity index (χ3n) is 5.98. The molecule has 2 N–H and O–H groups in total. The number of alkyl halides is 3. The molecule has 4 rings (SSSR count). The highest BCUT2D eigenvalue weighted by Crippen LogP contribution is 2.33. The first-order valence-electron chi connectivity index (χ1n) is 11.2. The van der Waals surface area contributed by atoms with Crippen LogP contribution in [-0.2, 0) is 11.0 Å². The Kier molecular flexibility index (Phi) is 7.30. The Labute approximate surface area is 196 Å². The number of halogens is 3. The predicted octanol–water partition coefficient (Wildman–Crippen LogP) is 2.77. The lowest BCUT2D eigenvalue weighted by Gasteiger charge is -2.37. The summed E-state index contributed by atoms with van der Waals surface area (Å²) in [6, 6.07) is 10.1. The molecular weight excluding hydrogens is 451 g/mol. The zero-order valence-corrected chi connectivity index (χ0v) is 18.8. The predicted molar refractivity (Wildman–Crippen MR) is 120 cm³/mol. The smallest absolute Gasteiger partial charge is 0.416 e. The standard InChI is InChI=1S/C24H28F3N3O4/c1-16-2-7-20-21(12-16)33-15-22(34-20)19(31)13-29-8-10-30(11-9-29)14-23(32)28-18-5-3-17(4-6-18)24(25,26)27/h2-7,12,19,22,31H,8-11,13-15H2,1H3,(H,28,32). The fourth-order valence-electron chi connectivity index (χ4n) is 4.04. The van der Waals surface area contributed by atoms with Gasteiger partial charge < -0.3 is 19.9 Å². The summed E-state index contributed by atoms with van der Waals surface area (Å²) in [7, 11) is 0. The molecule has 0 radical (unpaired) electrons. The van der Waals surface area contributed by atoms with E-state index in [1.807, 2.05) is 30.0 Å². The second-order valence-corrected chi connectivity index (χ2v) is 8.68. The van der Waals surface area contributed by atoms with Crippen molar-refractivity contribution in [3.8, 4) is 11.5 Å². The summed E-state index contributed by atoms with van der Waals surface area (Å²) in [5, 5.41) is 13.3. The molecule has 7 nitrogen and oxygen atoms in total. The molecule has 184 valence electrons. The zero-order valence-electron chi connectivity index (χ0n) is 18.8. The van der Waals surface area contributed by atoms with Crippen LogP contribution in [-0.4, -0.2) is 78.9 Å². The van der Waals surface area contributed by atoms with Crippen molar-refractivity contribution in [1.29, 1.82) is 0 Å². The Morgan fingerprint density at radius 3 is 2.44 bits per heavy atom. The number of piperazine rings is 1. The lowest BCUT2D eigenvalue weighted by molar-refractivity contribution is -0.137. The molecule has 2 aliphatic rings. The number of ether oxygens (including phenoxy) is 2. The molecule has 10 heteroatoms. The van der Waals surface area contributed by atoms with Gasteiger partial charge in [-0.25, -0.2) is 0 Å². The van der Waals surface area contributed by atoms with Gasteiger partial charge in [-0.05, 0) is 48.9 Å². The van der Waals surface area contributed by atoms with Crippen LogP contribution < -0.4 is 14.8 Å². The highest BCUT2D eigenvalue weighted by atomic mass is 19.4. The summed E-state index contributed by atoms with van der Waals surface area (Å²) in [5.74, 6) is 1.03. The van der Waals surface area contributed by atoms with Crippen molar-refractivity contribution >= 4 is 11.6 Å². The summed E-state index contributed by atoms with van der Waals surface area (Å²) < 4.78 is 49.6. The van der Waals surface area contributed by atoms with Crippen LogP contribution in [0.4, 0.5) is 18.9 Å². The van der Waals surface area contributed by atoms with Crippen molar-refractivity contribution in [3.63, 3.8) is 0 Å². The molecule has 2 unspecified atom stereocenters. The fourth-order valence-corrected chi connectivity index (χ4v) is 4.04. The van der Waals surface area contributed by atoms with Crippen molar-refractivity contribution in [3.05, 3.63) is 53.6 Å². The summed E-state index contributed by atoms with van der Waals surface area (Å²) in [6.07, 6.45) is -5.58. The van der Waals surface area contributed by atoms with Crippen LogP contribution in [0.5, 0.6) is 11.5 Å². The number of aliphatic hydroxyl groups is 1. The average Bonchev–Trinajstić information content (AvgIpc) is 2.79. The number of hydrogen-bond acceptors (Lipinski definition) is 6. The molecule has 0 aliphatic carbocycles. The van der Waals surface area contributed by atoms with E-state index in [9.17, 15) is 23.1 Å². The third kappa shape index (κ3) is 6.19. The number of nitrogens with one attached hydrogen (secondary N) is 1. The number of aliphatic hydroxyl groups excluding tert-OH is 1. The molecule has 34 heavy (non-hydrogen) atoms. The second-order valence-electron chi connectivity index (χ2n) is 8.68. The highest BCUT2D eigenvalue weighted by Gasteiger charge is 2.31. The number of benzene rings is 2. The Bertz CT molecular complexity index is 992. The first kappa shape index (κ1) is 24.3. The Morgan fingerprint density at radius 2 is 1.76 bits per heavy atom. The maximum atomic E-state index is 12.7. The summed E-state index contributed by atoms with van der Waals surface area (Å²) in [5.41, 5.74) is 0.645. The largest absolute Gasteiger partial charge is 0.486 e. The Hall–Kier alpha value is -2.82. The van der Waals surface area contributed by atoms with Crippen LogP contribution in [0.3, 0.4) is 0 Å². The van der Waals surface area contributed by atoms with Crippen LogP contribution in [0.1, 0.15) is 11.1 Å². The van der Waals surface area contributed by atoms with Gasteiger partial charge in [0.15, 0.2) is 17.6 Å². The number of carbonyl (C=O) groups is 1. The number of rotatable bonds is 6. The van der Waals surface area contributed by atoms with Gasteiger partial charge in [0.05, 0.1) is 12.1 Å². The number of amides is 1. The molecule has 1 fully saturated rings. The fraction of sp³-hybridized carbons (Fsp3) is 0.458. The average molecular weight is 479 g/mol. The Balaban J connectivity index is 1.19. The molecule has 1 saturated heterocycles. The van der Waals surface area contributed by atoms with Crippen LogP contribution in [0.2, 0.25) is 0 Å². The van der Waals surface area contributed by atoms with Crippen LogP contribution in [0.15, 0.2) is 42.5 Å². The maximum Gasteiger partial charge on any atom is 0.416 e. The van der Waals surface area contributed by atoms with Crippen molar-refractivity contribution in [1.82, 2.24) is 9.80 Å². The SMILES string of the molecule is Cc1ccc2c(c1)OCC(C(O)CN1CCN(CC(=O)Nc3ccc(C(F)(F)F)cc3)CC1)O2. The monoisotopic (exact) mass is 479 g/mol. The number of carbonyl (C=O) groups excluding carboxylic acids is 1. The van der Waals surface area contributed by atoms with Gasteiger partial charge in [0, 0.05) is 38.4 Å². The van der Waals surface area contributed by atoms with Gasteiger partial charge >= 0.3 is 6.18 Å². The summed E-state index contributed by atoms with van der Waals surface area (Å²) >= 11 is 0. The van der Waals surface area contributed by atoms with Gasteiger partial charge in [0.25, 0.3) is 0 Å². The zero-order chi connectivity index (χ0) is 24.3. The number of β-amino-alcohol motifs (C(OH)–C–C–N with tert-alkyl or cyclic N) is 1. The van der Waals surface area contributed by atoms with Crippen LogP contribution in [0, 0.1) is 6.92 Å². The molecule has 2 atom stereocenters. The first-order chi connectivity index (χ1) is 16.2. The quantitative estimate of drug-likeness (QED) is 0.664. The number of nitrogens with zero attached hydrogens (tertiary/aromatic N) is 2. The van der Waals surface area contributed by atoms with Gasteiger partial charge in [-0.15, -0.1) is 0 Å². The lowest BCUT2D eigenvalue weighted by atomic mass is 10.1. The molecule has 2 aliphatic heterocycles. The topological polar surface area (TPSA) is 74.3 Å². The minimum absolute atomic E-state index is 0.146. The molecule has 2 aromatic rings. The number of hydrogen-bond donors (Lipinski definition) is 2. The molecule has 1 amide bonds. The van der Waals surface area contributed by atoms with E-state index in [1.165, 1.54) is 12.1 Å². The van der Waals surface area contributed by atoms with Gasteiger partial charge in [-0.2, -0.15) is 13.2 Å². The van der Waals surface area contributed by atoms with E-state index in [-0.39, 0.29) is 19.1 Å². The third-order valence-corrected chi connectivity index (χ3v) is 5.98. The van der Waals surface area contributed by atoms with Gasteiger partial charge in [0.1, 0.15) is 12.7 Å². The molecule has 0 bridgehead atoms. The van der Waals surface area contributed by atoms with E-state index >= 15 is 0 Å². The van der Waals surface area contributed by atoms with Crippen molar-refractivity contribution < 1.29 is 32.5 Å². The lowest BCUT2D eigenvalue weighted by Crippen LogP contribution is -2.53. The molecule has 0 aromatic heterocycles. The van der Waals surface area contributed by atoms with Gasteiger partial charge in [0.2, 0.25) is 5.91 Å². The normalized spacial score (nSPS) is 20.1. The van der Waals surface area contributed by atoms with E-state index in [0.29, 0.717) is 49.9 Å². The number of anilines is 1. The van der Waals surface area contributed by atoms with E-state index in [2.05, 4.69) is 10.2 Å². The van der Waals surface area contributed by atoms with E-state index < -0.39 is 23.9 Å². The van der Waals surface area contributed by atoms with Crippen molar-refractivity contribution in [2.45, 2.75) is 25.3 Å². The summed E-state index contributed by atoms with van der Waals surface area (Å²) in [6.45, 7) is 5.45. The minimum Gasteiger partial charge on any atom is -0.486 e. The minimum atomic E-state index is -4.41. The van der Waals surface area contributed by atoms with E-state index in [4.69, 9.17) is 9.47 Å². The summed E-state index contributed by atoms with van der Waals surface area (Å²) in [4.78, 5) is 16.4. The Morgan fingerprint density at radius 1 is 1.09 bits per heavy atom. The number of aryl methyl sites for hydroxylation is 1. The molecular formula is C24H28F3N3O4. The van der Waals surface area contributed by atoms with Gasteiger partial charge in [-0.3, -0.25) is 14.6 Å². The highest BCUT2D eigenvalue weighted by molar-refractivity contribution is 5.92. The molecule has 2 heterocycles. The molecule has 0 saturated carbocycles. The van der Waals surface area contributed by atoms with Crippen LogP contribution >= 0.6 is 0 Å². The molecule has 2 aromatic carbocycles. The van der Waals surface area contributed by atoms with Crippen molar-refractivity contribution in [2.24, 2.45) is 0 Å². The van der Waals surface area contributed by atoms with E-state index in [1.54, 1.807) is 0 Å². The second kappa shape index (κ2) is 10.2. The first-order valence-corrected chi connectivity index (χ1v) is 11.2. The molecule has 0 spiro atoms. The van der Waals surface area contributed by atoms with E-state index in [0.717, 1.165) is 17.7 Å². The number of fused-ring (bicyclic) bond motifs is 1. The van der Waals surface area contributed by atoms with Gasteiger partial charge in [-0.1, -0.05) is 6.07 Å². The maximum absolute atomic E-state index is 12.7.